The first kappa shape index (κ1) is 23.9. The van der Waals surface area contributed by atoms with E-state index >= 15 is 8.78 Å². The molecule has 2 fully saturated rings. The number of imidazole rings is 1. The van der Waals surface area contributed by atoms with E-state index in [9.17, 15) is 9.59 Å². The minimum atomic E-state index is -1.56. The zero-order chi connectivity index (χ0) is 25.8. The first-order valence-corrected chi connectivity index (χ1v) is 11.6. The van der Waals surface area contributed by atoms with E-state index in [1.54, 1.807) is 11.6 Å². The van der Waals surface area contributed by atoms with Crippen LogP contribution in [0.25, 0.3) is 11.0 Å². The Labute approximate surface area is 205 Å². The summed E-state index contributed by atoms with van der Waals surface area (Å²) in [6.07, 6.45) is 4.64. The number of aromatic amines is 1. The number of carbonyl (C=O) groups is 2. The first-order valence-electron chi connectivity index (χ1n) is 11.6. The second kappa shape index (κ2) is 8.70. The molecular weight excluding hydrogens is 472 g/mol. The Hall–Kier alpha value is -3.80. The molecule has 2 aliphatic rings. The normalized spacial score (nSPS) is 21.8. The van der Waals surface area contributed by atoms with Crippen molar-refractivity contribution in [3.8, 4) is 0 Å². The van der Waals surface area contributed by atoms with E-state index in [2.05, 4.69) is 27.1 Å². The molecule has 36 heavy (non-hydrogen) atoms. The van der Waals surface area contributed by atoms with Crippen molar-refractivity contribution < 1.29 is 23.1 Å². The molecule has 0 bridgehead atoms. The average Bonchev–Trinajstić information content (AvgIpc) is 3.30. The lowest BCUT2D eigenvalue weighted by molar-refractivity contribution is -0.133. The monoisotopic (exact) mass is 499 g/mol. The number of ether oxygens (including phenoxy) is 1. The lowest BCUT2D eigenvalue weighted by Crippen LogP contribution is -2.51. The summed E-state index contributed by atoms with van der Waals surface area (Å²) in [4.78, 5) is 31.2. The van der Waals surface area contributed by atoms with Gasteiger partial charge in [-0.3, -0.25) is 14.7 Å². The number of hydrogen-bond acceptors (Lipinski definition) is 6. The van der Waals surface area contributed by atoms with E-state index in [1.807, 2.05) is 0 Å². The molecule has 10 nitrogen and oxygen atoms in total. The summed E-state index contributed by atoms with van der Waals surface area (Å²) in [6, 6.07) is 1.55. The van der Waals surface area contributed by atoms with Crippen LogP contribution in [0.2, 0.25) is 0 Å². The second-order valence-corrected chi connectivity index (χ2v) is 9.17. The van der Waals surface area contributed by atoms with Gasteiger partial charge in [-0.2, -0.15) is 5.10 Å². The molecule has 2 amide bonds. The molecule has 12 heteroatoms. The predicted octanol–water partition coefficient (Wildman–Crippen LogP) is 2.56. The first-order chi connectivity index (χ1) is 17.3. The molecule has 1 aliphatic heterocycles. The zero-order valence-electron chi connectivity index (χ0n) is 20.0. The molecule has 5 rings (SSSR count). The molecule has 4 N–H and O–H groups in total. The van der Waals surface area contributed by atoms with Crippen molar-refractivity contribution in [2.24, 2.45) is 5.73 Å². The predicted molar refractivity (Wildman–Crippen MR) is 127 cm³/mol. The number of nitrogens with one attached hydrogen (secondary N) is 2. The lowest BCUT2D eigenvalue weighted by atomic mass is 9.75. The molecule has 0 radical (unpaired) electrons. The van der Waals surface area contributed by atoms with E-state index in [1.165, 1.54) is 24.4 Å². The average molecular weight is 500 g/mol. The molecule has 190 valence electrons. The van der Waals surface area contributed by atoms with Crippen LogP contribution >= 0.6 is 0 Å². The molecule has 3 heterocycles. The number of nitrogens with two attached hydrogens (primary N) is 1. The standard InChI is InChI=1S/C24H27F2N7O3/c1-4-16(34)33-8-7-13(20-17(22(27)35)23(28-2)31-30-20)24(33,10-36-3)14-9-15-21(19(26)18(14)25)32(11-29-15)12-5-6-12/h4,9,11-13H,1,5-8,10H2,2-3H3,(H2,27,35)(H2,28,30,31). The Bertz CT molecular complexity index is 1380. The molecule has 2 atom stereocenters. The highest BCUT2D eigenvalue weighted by Crippen LogP contribution is 2.52. The van der Waals surface area contributed by atoms with Crippen LogP contribution in [0, 0.1) is 11.6 Å². The van der Waals surface area contributed by atoms with E-state index in [0.29, 0.717) is 0 Å². The third-order valence-corrected chi connectivity index (χ3v) is 7.27. The molecule has 2 unspecified atom stereocenters. The summed E-state index contributed by atoms with van der Waals surface area (Å²) in [5.41, 5.74) is 4.65. The maximum Gasteiger partial charge on any atom is 0.254 e. The third-order valence-electron chi connectivity index (χ3n) is 7.27. The number of aromatic nitrogens is 4. The fourth-order valence-corrected chi connectivity index (χ4v) is 5.59. The molecule has 1 saturated heterocycles. The number of nitrogens with zero attached hydrogens (tertiary/aromatic N) is 4. The lowest BCUT2D eigenvalue weighted by Gasteiger charge is -2.42. The molecule has 3 aromatic rings. The Morgan fingerprint density at radius 2 is 2.11 bits per heavy atom. The summed E-state index contributed by atoms with van der Waals surface area (Å²) < 4.78 is 39.0. The molecular formula is C24H27F2N7O3. The molecule has 0 spiro atoms. The van der Waals surface area contributed by atoms with Crippen molar-refractivity contribution in [3.63, 3.8) is 0 Å². The Balaban J connectivity index is 1.80. The summed E-state index contributed by atoms with van der Waals surface area (Å²) in [5, 5.41) is 9.89. The summed E-state index contributed by atoms with van der Waals surface area (Å²) in [7, 11) is 2.99. The fraction of sp³-hybridized carbons (Fsp3) is 0.417. The van der Waals surface area contributed by atoms with Crippen LogP contribution in [0.15, 0.2) is 25.0 Å². The number of halogens is 2. The zero-order valence-corrected chi connectivity index (χ0v) is 20.0. The Morgan fingerprint density at radius 1 is 1.36 bits per heavy atom. The van der Waals surface area contributed by atoms with Gasteiger partial charge in [0.15, 0.2) is 11.6 Å². The number of benzene rings is 1. The maximum absolute atomic E-state index is 16.1. The fourth-order valence-electron chi connectivity index (χ4n) is 5.59. The van der Waals surface area contributed by atoms with Gasteiger partial charge < -0.3 is 25.3 Å². The number of methoxy groups -OCH3 is 1. The van der Waals surface area contributed by atoms with Gasteiger partial charge >= 0.3 is 0 Å². The number of likely N-dealkylation sites (tertiary alicyclic amines) is 1. The van der Waals surface area contributed by atoms with E-state index in [4.69, 9.17) is 10.5 Å². The largest absolute Gasteiger partial charge is 0.382 e. The van der Waals surface area contributed by atoms with Crippen LogP contribution in [-0.2, 0) is 15.1 Å². The van der Waals surface area contributed by atoms with Crippen molar-refractivity contribution in [1.82, 2.24) is 24.6 Å². The highest BCUT2D eigenvalue weighted by molar-refractivity contribution is 5.99. The number of rotatable bonds is 8. The quantitative estimate of drug-likeness (QED) is 0.408. The number of primary amides is 1. The van der Waals surface area contributed by atoms with Crippen LogP contribution < -0.4 is 11.1 Å². The van der Waals surface area contributed by atoms with Crippen LogP contribution in [0.1, 0.15) is 52.8 Å². The molecule has 1 aliphatic carbocycles. The number of carbonyl (C=O) groups excluding carboxylic acids is 2. The van der Waals surface area contributed by atoms with Crippen molar-refractivity contribution >= 4 is 28.7 Å². The van der Waals surface area contributed by atoms with Gasteiger partial charge in [0.2, 0.25) is 5.91 Å². The van der Waals surface area contributed by atoms with Gasteiger partial charge in [-0.15, -0.1) is 0 Å². The highest BCUT2D eigenvalue weighted by atomic mass is 19.2. The minimum Gasteiger partial charge on any atom is -0.382 e. The Kier molecular flexibility index (Phi) is 5.78. The van der Waals surface area contributed by atoms with Crippen LogP contribution in [-0.4, -0.2) is 63.8 Å². The van der Waals surface area contributed by atoms with Crippen LogP contribution in [0.4, 0.5) is 14.6 Å². The number of amides is 2. The molecule has 1 aromatic carbocycles. The van der Waals surface area contributed by atoms with Crippen molar-refractivity contribution in [3.05, 3.63) is 53.5 Å². The highest BCUT2D eigenvalue weighted by Gasteiger charge is 2.56. The molecule has 1 saturated carbocycles. The summed E-state index contributed by atoms with van der Waals surface area (Å²) in [6.45, 7) is 3.54. The van der Waals surface area contributed by atoms with Gasteiger partial charge in [0.1, 0.15) is 22.4 Å². The number of anilines is 1. The van der Waals surface area contributed by atoms with Gasteiger partial charge in [-0.1, -0.05) is 6.58 Å². The second-order valence-electron chi connectivity index (χ2n) is 9.17. The third kappa shape index (κ3) is 3.31. The molecule has 2 aromatic heterocycles. The van der Waals surface area contributed by atoms with E-state index < -0.39 is 34.9 Å². The maximum atomic E-state index is 16.1. The number of hydrogen-bond donors (Lipinski definition) is 3. The smallest absolute Gasteiger partial charge is 0.254 e. The van der Waals surface area contributed by atoms with Gasteiger partial charge in [-0.05, 0) is 31.4 Å². The Morgan fingerprint density at radius 3 is 2.72 bits per heavy atom. The van der Waals surface area contributed by atoms with E-state index in [0.717, 1.165) is 18.9 Å². The van der Waals surface area contributed by atoms with Crippen LogP contribution in [0.3, 0.4) is 0 Å². The van der Waals surface area contributed by atoms with Gasteiger partial charge in [0.05, 0.1) is 24.1 Å². The minimum absolute atomic E-state index is 0.0795. The summed E-state index contributed by atoms with van der Waals surface area (Å²) >= 11 is 0. The van der Waals surface area contributed by atoms with E-state index in [-0.39, 0.29) is 59.3 Å². The van der Waals surface area contributed by atoms with Crippen molar-refractivity contribution in [1.29, 1.82) is 0 Å². The van der Waals surface area contributed by atoms with Crippen molar-refractivity contribution in [2.75, 3.05) is 32.6 Å². The number of fused-ring (bicyclic) bond motifs is 1. The SMILES string of the molecule is C=CC(=O)N1CCC(c2n[nH]c(NC)c2C(N)=O)C1(COC)c1cc2ncn(C3CC3)c2c(F)c1F. The van der Waals surface area contributed by atoms with Crippen LogP contribution in [0.5, 0.6) is 0 Å². The van der Waals surface area contributed by atoms with Gasteiger partial charge in [0.25, 0.3) is 5.91 Å². The topological polar surface area (TPSA) is 131 Å². The summed E-state index contributed by atoms with van der Waals surface area (Å²) in [5.74, 6) is -3.90. The van der Waals surface area contributed by atoms with Gasteiger partial charge in [0, 0.05) is 38.2 Å². The van der Waals surface area contributed by atoms with Crippen molar-refractivity contribution in [2.45, 2.75) is 36.8 Å². The number of H-pyrrole nitrogens is 1. The van der Waals surface area contributed by atoms with Gasteiger partial charge in [-0.25, -0.2) is 13.8 Å².